The SMILES string of the molecule is Cc1ccc(Cc2nsc(N3CCN(C(=O)Cc4cccs4)C(C)C3)n2)cc1. The molecule has 1 fully saturated rings. The number of aromatic nitrogens is 2. The molecule has 7 heteroatoms. The van der Waals surface area contributed by atoms with E-state index in [9.17, 15) is 4.79 Å². The lowest BCUT2D eigenvalue weighted by atomic mass is 10.1. The number of rotatable bonds is 5. The molecule has 1 amide bonds. The molecule has 0 spiro atoms. The topological polar surface area (TPSA) is 49.3 Å². The predicted octanol–water partition coefficient (Wildman–Crippen LogP) is 3.78. The summed E-state index contributed by atoms with van der Waals surface area (Å²) in [6, 6.07) is 12.7. The van der Waals surface area contributed by atoms with Gasteiger partial charge in [-0.15, -0.1) is 11.3 Å². The lowest BCUT2D eigenvalue weighted by Crippen LogP contribution is -2.54. The van der Waals surface area contributed by atoms with E-state index in [-0.39, 0.29) is 11.9 Å². The molecule has 5 nitrogen and oxygen atoms in total. The molecule has 0 N–H and O–H groups in total. The second-order valence-corrected chi connectivity index (χ2v) is 9.06. The zero-order valence-corrected chi connectivity index (χ0v) is 17.8. The van der Waals surface area contributed by atoms with Crippen LogP contribution in [0.25, 0.3) is 0 Å². The quantitative estimate of drug-likeness (QED) is 0.640. The largest absolute Gasteiger partial charge is 0.343 e. The second-order valence-electron chi connectivity index (χ2n) is 7.29. The van der Waals surface area contributed by atoms with E-state index in [2.05, 4.69) is 47.4 Å². The molecule has 1 saturated heterocycles. The number of hydrogen-bond donors (Lipinski definition) is 0. The molecule has 28 heavy (non-hydrogen) atoms. The van der Waals surface area contributed by atoms with Crippen molar-refractivity contribution < 1.29 is 4.79 Å². The van der Waals surface area contributed by atoms with E-state index in [1.807, 2.05) is 22.4 Å². The second kappa shape index (κ2) is 8.41. The maximum absolute atomic E-state index is 12.6. The number of anilines is 1. The van der Waals surface area contributed by atoms with Crippen LogP contribution in [-0.4, -0.2) is 45.8 Å². The Morgan fingerprint density at radius 2 is 2.04 bits per heavy atom. The molecule has 0 radical (unpaired) electrons. The van der Waals surface area contributed by atoms with Gasteiger partial charge < -0.3 is 9.80 Å². The van der Waals surface area contributed by atoms with Gasteiger partial charge in [0.1, 0.15) is 5.82 Å². The Labute approximate surface area is 173 Å². The highest BCUT2D eigenvalue weighted by molar-refractivity contribution is 7.10. The summed E-state index contributed by atoms with van der Waals surface area (Å²) in [5, 5.41) is 2.98. The van der Waals surface area contributed by atoms with Crippen LogP contribution in [0.2, 0.25) is 0 Å². The van der Waals surface area contributed by atoms with Gasteiger partial charge in [0.25, 0.3) is 0 Å². The first-order chi connectivity index (χ1) is 13.6. The Hall–Kier alpha value is -2.25. The number of amides is 1. The van der Waals surface area contributed by atoms with Crippen molar-refractivity contribution in [2.75, 3.05) is 24.5 Å². The first-order valence-corrected chi connectivity index (χ1v) is 11.2. The van der Waals surface area contributed by atoms with Gasteiger partial charge in [0.15, 0.2) is 0 Å². The molecule has 1 unspecified atom stereocenters. The van der Waals surface area contributed by atoms with E-state index in [1.165, 1.54) is 22.7 Å². The lowest BCUT2D eigenvalue weighted by Gasteiger charge is -2.39. The Morgan fingerprint density at radius 1 is 1.21 bits per heavy atom. The summed E-state index contributed by atoms with van der Waals surface area (Å²) >= 11 is 3.10. The highest BCUT2D eigenvalue weighted by Gasteiger charge is 2.29. The first-order valence-electron chi connectivity index (χ1n) is 9.53. The standard InChI is InChI=1S/C21H24N4OS2/c1-15-5-7-17(8-6-15)12-19-22-21(28-23-19)24-9-10-25(16(2)14-24)20(26)13-18-4-3-11-27-18/h3-8,11,16H,9-10,12-14H2,1-2H3. The Balaban J connectivity index is 1.35. The van der Waals surface area contributed by atoms with E-state index in [0.29, 0.717) is 6.42 Å². The minimum absolute atomic E-state index is 0.172. The summed E-state index contributed by atoms with van der Waals surface area (Å²) < 4.78 is 4.55. The van der Waals surface area contributed by atoms with Crippen LogP contribution in [0.3, 0.4) is 0 Å². The molecule has 0 bridgehead atoms. The highest BCUT2D eigenvalue weighted by atomic mass is 32.1. The number of carbonyl (C=O) groups excluding carboxylic acids is 1. The monoisotopic (exact) mass is 412 g/mol. The molecular weight excluding hydrogens is 388 g/mol. The van der Waals surface area contributed by atoms with Gasteiger partial charge in [-0.05, 0) is 30.9 Å². The van der Waals surface area contributed by atoms with E-state index >= 15 is 0 Å². The van der Waals surface area contributed by atoms with Gasteiger partial charge >= 0.3 is 0 Å². The van der Waals surface area contributed by atoms with Crippen molar-refractivity contribution in [1.29, 1.82) is 0 Å². The van der Waals surface area contributed by atoms with Gasteiger partial charge in [0.05, 0.1) is 6.42 Å². The number of nitrogens with zero attached hydrogens (tertiary/aromatic N) is 4. The van der Waals surface area contributed by atoms with Crippen LogP contribution < -0.4 is 4.90 Å². The average Bonchev–Trinajstić information content (AvgIpc) is 3.35. The molecule has 0 saturated carbocycles. The van der Waals surface area contributed by atoms with Gasteiger partial charge in [0, 0.05) is 48.5 Å². The normalized spacial score (nSPS) is 17.1. The van der Waals surface area contributed by atoms with Crippen molar-refractivity contribution >= 4 is 33.9 Å². The summed E-state index contributed by atoms with van der Waals surface area (Å²) in [5.74, 6) is 1.08. The van der Waals surface area contributed by atoms with Crippen molar-refractivity contribution in [1.82, 2.24) is 14.3 Å². The maximum Gasteiger partial charge on any atom is 0.228 e. The third-order valence-corrected chi connectivity index (χ3v) is 6.76. The molecule has 1 aliphatic rings. The molecule has 1 aliphatic heterocycles. The lowest BCUT2D eigenvalue weighted by molar-refractivity contribution is -0.132. The summed E-state index contributed by atoms with van der Waals surface area (Å²) in [7, 11) is 0. The Kier molecular flexibility index (Phi) is 5.73. The minimum Gasteiger partial charge on any atom is -0.343 e. The van der Waals surface area contributed by atoms with Crippen molar-refractivity contribution in [3.8, 4) is 0 Å². The molecule has 3 aromatic rings. The fourth-order valence-corrected chi connectivity index (χ4v) is 4.91. The van der Waals surface area contributed by atoms with Crippen LogP contribution in [-0.2, 0) is 17.6 Å². The smallest absolute Gasteiger partial charge is 0.228 e. The number of thiophene rings is 1. The van der Waals surface area contributed by atoms with Crippen LogP contribution in [0.5, 0.6) is 0 Å². The molecule has 1 atom stereocenters. The van der Waals surface area contributed by atoms with Crippen molar-refractivity contribution in [3.05, 3.63) is 63.6 Å². The molecule has 146 valence electrons. The van der Waals surface area contributed by atoms with Crippen LogP contribution >= 0.6 is 22.9 Å². The number of hydrogen-bond acceptors (Lipinski definition) is 6. The van der Waals surface area contributed by atoms with Gasteiger partial charge in [-0.25, -0.2) is 4.98 Å². The molecule has 4 rings (SSSR count). The van der Waals surface area contributed by atoms with Crippen LogP contribution in [0.4, 0.5) is 5.13 Å². The predicted molar refractivity (Wildman–Crippen MR) is 115 cm³/mol. The Bertz CT molecular complexity index is 920. The number of piperazine rings is 1. The fraction of sp³-hybridized carbons (Fsp3) is 0.381. The zero-order valence-electron chi connectivity index (χ0n) is 16.2. The summed E-state index contributed by atoms with van der Waals surface area (Å²) in [5.41, 5.74) is 2.49. The van der Waals surface area contributed by atoms with Crippen molar-refractivity contribution in [2.45, 2.75) is 32.7 Å². The molecule has 1 aromatic carbocycles. The maximum atomic E-state index is 12.6. The third-order valence-electron chi connectivity index (χ3n) is 5.06. The molecule has 3 heterocycles. The van der Waals surface area contributed by atoms with Crippen LogP contribution in [0.1, 0.15) is 28.8 Å². The molecule has 0 aliphatic carbocycles. The zero-order chi connectivity index (χ0) is 19.5. The number of aryl methyl sites for hydroxylation is 1. The van der Waals surface area contributed by atoms with E-state index < -0.39 is 0 Å². The molecule has 2 aromatic heterocycles. The van der Waals surface area contributed by atoms with E-state index in [1.54, 1.807) is 11.3 Å². The van der Waals surface area contributed by atoms with Crippen molar-refractivity contribution in [3.63, 3.8) is 0 Å². The summed E-state index contributed by atoms with van der Waals surface area (Å²) in [6.07, 6.45) is 1.26. The summed E-state index contributed by atoms with van der Waals surface area (Å²) in [6.45, 7) is 6.55. The third kappa shape index (κ3) is 4.42. The average molecular weight is 413 g/mol. The van der Waals surface area contributed by atoms with Crippen LogP contribution in [0, 0.1) is 6.92 Å². The number of benzene rings is 1. The number of carbonyl (C=O) groups is 1. The Morgan fingerprint density at radius 3 is 2.75 bits per heavy atom. The highest BCUT2D eigenvalue weighted by Crippen LogP contribution is 2.23. The summed E-state index contributed by atoms with van der Waals surface area (Å²) in [4.78, 5) is 22.8. The fourth-order valence-electron chi connectivity index (χ4n) is 3.50. The van der Waals surface area contributed by atoms with Gasteiger partial charge in [-0.3, -0.25) is 4.79 Å². The minimum atomic E-state index is 0.172. The van der Waals surface area contributed by atoms with Crippen molar-refractivity contribution in [2.24, 2.45) is 0 Å². The first kappa shape index (κ1) is 19.1. The van der Waals surface area contributed by atoms with E-state index in [0.717, 1.165) is 41.9 Å². The van der Waals surface area contributed by atoms with Crippen LogP contribution in [0.15, 0.2) is 41.8 Å². The van der Waals surface area contributed by atoms with Gasteiger partial charge in [-0.2, -0.15) is 4.37 Å². The van der Waals surface area contributed by atoms with Gasteiger partial charge in [-0.1, -0.05) is 35.9 Å². The molecular formula is C21H24N4OS2. The van der Waals surface area contributed by atoms with Gasteiger partial charge in [0.2, 0.25) is 11.0 Å². The van der Waals surface area contributed by atoms with E-state index in [4.69, 9.17) is 4.98 Å².